The minimum atomic E-state index is -0.313. The maximum Gasteiger partial charge on any atom is 0.227 e. The lowest BCUT2D eigenvalue weighted by atomic mass is 10.1. The van der Waals surface area contributed by atoms with Gasteiger partial charge in [-0.3, -0.25) is 4.79 Å². The van der Waals surface area contributed by atoms with Gasteiger partial charge in [-0.1, -0.05) is 18.2 Å². The van der Waals surface area contributed by atoms with Gasteiger partial charge in [0.15, 0.2) is 0 Å². The van der Waals surface area contributed by atoms with E-state index in [0.29, 0.717) is 31.9 Å². The summed E-state index contributed by atoms with van der Waals surface area (Å²) in [6.45, 7) is 2.58. The van der Waals surface area contributed by atoms with E-state index in [4.69, 9.17) is 4.74 Å². The van der Waals surface area contributed by atoms with Crippen LogP contribution in [-0.2, 0) is 16.0 Å². The first-order valence-corrected chi connectivity index (χ1v) is 5.86. The van der Waals surface area contributed by atoms with Crippen molar-refractivity contribution in [1.82, 2.24) is 4.90 Å². The molecular weight excluding hydrogens is 221 g/mol. The van der Waals surface area contributed by atoms with Crippen LogP contribution in [0.15, 0.2) is 24.3 Å². The Bertz CT molecular complexity index is 387. The molecule has 1 aromatic rings. The summed E-state index contributed by atoms with van der Waals surface area (Å²) in [5.74, 6) is -0.340. The van der Waals surface area contributed by atoms with Crippen molar-refractivity contribution in [3.8, 4) is 0 Å². The SMILES string of the molecule is O=C(Cc1ccccc1F)N1CCCOCC1. The summed E-state index contributed by atoms with van der Waals surface area (Å²) in [4.78, 5) is 13.7. The lowest BCUT2D eigenvalue weighted by molar-refractivity contribution is -0.130. The van der Waals surface area contributed by atoms with Crippen molar-refractivity contribution in [3.05, 3.63) is 35.6 Å². The van der Waals surface area contributed by atoms with E-state index in [0.717, 1.165) is 6.42 Å². The number of ether oxygens (including phenoxy) is 1. The van der Waals surface area contributed by atoms with Crippen molar-refractivity contribution in [3.63, 3.8) is 0 Å². The van der Waals surface area contributed by atoms with Gasteiger partial charge in [0.05, 0.1) is 13.0 Å². The molecule has 2 rings (SSSR count). The van der Waals surface area contributed by atoms with E-state index in [9.17, 15) is 9.18 Å². The Morgan fingerprint density at radius 2 is 2.12 bits per heavy atom. The number of benzene rings is 1. The molecule has 3 nitrogen and oxygen atoms in total. The molecule has 0 spiro atoms. The van der Waals surface area contributed by atoms with E-state index in [-0.39, 0.29) is 18.1 Å². The summed E-state index contributed by atoms with van der Waals surface area (Å²) in [6.07, 6.45) is 0.982. The standard InChI is InChI=1S/C13H16FNO2/c14-12-5-2-1-4-11(12)10-13(16)15-6-3-8-17-9-7-15/h1-2,4-5H,3,6-10H2. The van der Waals surface area contributed by atoms with Crippen LogP contribution in [0.3, 0.4) is 0 Å². The van der Waals surface area contributed by atoms with Crippen molar-refractivity contribution in [1.29, 1.82) is 0 Å². The number of halogens is 1. The molecule has 0 N–H and O–H groups in total. The molecule has 1 aliphatic heterocycles. The Morgan fingerprint density at radius 3 is 2.94 bits per heavy atom. The summed E-state index contributed by atoms with van der Waals surface area (Å²) >= 11 is 0. The van der Waals surface area contributed by atoms with E-state index in [1.165, 1.54) is 6.07 Å². The number of rotatable bonds is 2. The summed E-state index contributed by atoms with van der Waals surface area (Å²) in [6, 6.07) is 6.41. The number of hydrogen-bond donors (Lipinski definition) is 0. The molecule has 92 valence electrons. The fraction of sp³-hybridized carbons (Fsp3) is 0.462. The van der Waals surface area contributed by atoms with Crippen molar-refractivity contribution < 1.29 is 13.9 Å². The predicted octanol–water partition coefficient (Wildman–Crippen LogP) is 1.62. The van der Waals surface area contributed by atoms with E-state index >= 15 is 0 Å². The molecule has 1 saturated heterocycles. The average Bonchev–Trinajstić information content (AvgIpc) is 2.61. The van der Waals surface area contributed by atoms with Crippen LogP contribution in [0.25, 0.3) is 0 Å². The molecule has 0 saturated carbocycles. The lowest BCUT2D eigenvalue weighted by Crippen LogP contribution is -2.34. The van der Waals surface area contributed by atoms with Crippen LogP contribution in [0.1, 0.15) is 12.0 Å². The van der Waals surface area contributed by atoms with Gasteiger partial charge in [0.2, 0.25) is 5.91 Å². The number of hydrogen-bond acceptors (Lipinski definition) is 2. The first-order valence-electron chi connectivity index (χ1n) is 5.86. The molecule has 1 heterocycles. The highest BCUT2D eigenvalue weighted by Gasteiger charge is 2.17. The molecule has 1 fully saturated rings. The van der Waals surface area contributed by atoms with Gasteiger partial charge in [0.25, 0.3) is 0 Å². The summed E-state index contributed by atoms with van der Waals surface area (Å²) in [5, 5.41) is 0. The Labute approximate surface area is 100 Å². The highest BCUT2D eigenvalue weighted by Crippen LogP contribution is 2.10. The quantitative estimate of drug-likeness (QED) is 0.782. The van der Waals surface area contributed by atoms with Gasteiger partial charge in [0, 0.05) is 19.7 Å². The molecule has 0 aliphatic carbocycles. The first-order chi connectivity index (χ1) is 8.27. The molecule has 0 radical (unpaired) electrons. The normalized spacial score (nSPS) is 16.6. The Kier molecular flexibility index (Phi) is 4.09. The van der Waals surface area contributed by atoms with Gasteiger partial charge >= 0.3 is 0 Å². The summed E-state index contributed by atoms with van der Waals surface area (Å²) in [5.41, 5.74) is 0.461. The van der Waals surface area contributed by atoms with E-state index < -0.39 is 0 Å². The molecule has 0 bridgehead atoms. The summed E-state index contributed by atoms with van der Waals surface area (Å²) < 4.78 is 18.7. The topological polar surface area (TPSA) is 29.5 Å². The Morgan fingerprint density at radius 1 is 1.29 bits per heavy atom. The molecular formula is C13H16FNO2. The molecule has 1 amide bonds. The minimum absolute atomic E-state index is 0.0272. The first kappa shape index (κ1) is 12.0. The lowest BCUT2D eigenvalue weighted by Gasteiger charge is -2.19. The second-order valence-corrected chi connectivity index (χ2v) is 4.11. The molecule has 0 unspecified atom stereocenters. The fourth-order valence-electron chi connectivity index (χ4n) is 1.91. The van der Waals surface area contributed by atoms with Crippen molar-refractivity contribution in [2.75, 3.05) is 26.3 Å². The van der Waals surface area contributed by atoms with Gasteiger partial charge < -0.3 is 9.64 Å². The number of amides is 1. The molecule has 1 aliphatic rings. The third-order valence-electron chi connectivity index (χ3n) is 2.87. The molecule has 0 aromatic heterocycles. The van der Waals surface area contributed by atoms with Crippen LogP contribution in [-0.4, -0.2) is 37.1 Å². The molecule has 17 heavy (non-hydrogen) atoms. The predicted molar refractivity (Wildman–Crippen MR) is 62.1 cm³/mol. The average molecular weight is 237 g/mol. The third kappa shape index (κ3) is 3.27. The van der Waals surface area contributed by atoms with Crippen LogP contribution < -0.4 is 0 Å². The van der Waals surface area contributed by atoms with E-state index in [2.05, 4.69) is 0 Å². The minimum Gasteiger partial charge on any atom is -0.380 e. The van der Waals surface area contributed by atoms with Crippen LogP contribution in [0.5, 0.6) is 0 Å². The van der Waals surface area contributed by atoms with E-state index in [1.807, 2.05) is 0 Å². The van der Waals surface area contributed by atoms with Gasteiger partial charge in [-0.15, -0.1) is 0 Å². The number of carbonyl (C=O) groups is 1. The highest BCUT2D eigenvalue weighted by atomic mass is 19.1. The Balaban J connectivity index is 1.98. The van der Waals surface area contributed by atoms with E-state index in [1.54, 1.807) is 23.1 Å². The fourth-order valence-corrected chi connectivity index (χ4v) is 1.91. The maximum atomic E-state index is 13.4. The largest absolute Gasteiger partial charge is 0.380 e. The second-order valence-electron chi connectivity index (χ2n) is 4.11. The van der Waals surface area contributed by atoms with Gasteiger partial charge in [-0.05, 0) is 18.1 Å². The van der Waals surface area contributed by atoms with Crippen LogP contribution in [0.4, 0.5) is 4.39 Å². The zero-order valence-electron chi connectivity index (χ0n) is 9.69. The smallest absolute Gasteiger partial charge is 0.227 e. The second kappa shape index (κ2) is 5.77. The van der Waals surface area contributed by atoms with Crippen LogP contribution in [0.2, 0.25) is 0 Å². The van der Waals surface area contributed by atoms with Crippen molar-refractivity contribution in [2.45, 2.75) is 12.8 Å². The zero-order chi connectivity index (χ0) is 12.1. The van der Waals surface area contributed by atoms with Crippen molar-refractivity contribution >= 4 is 5.91 Å². The molecule has 4 heteroatoms. The highest BCUT2D eigenvalue weighted by molar-refractivity contribution is 5.78. The number of carbonyl (C=O) groups excluding carboxylic acids is 1. The van der Waals surface area contributed by atoms with Gasteiger partial charge in [-0.25, -0.2) is 4.39 Å². The molecule has 1 aromatic carbocycles. The monoisotopic (exact) mass is 237 g/mol. The number of nitrogens with zero attached hydrogens (tertiary/aromatic N) is 1. The van der Waals surface area contributed by atoms with Crippen LogP contribution >= 0.6 is 0 Å². The third-order valence-corrected chi connectivity index (χ3v) is 2.87. The molecule has 0 atom stereocenters. The maximum absolute atomic E-state index is 13.4. The van der Waals surface area contributed by atoms with Gasteiger partial charge in [-0.2, -0.15) is 0 Å². The van der Waals surface area contributed by atoms with Crippen molar-refractivity contribution in [2.24, 2.45) is 0 Å². The summed E-state index contributed by atoms with van der Waals surface area (Å²) in [7, 11) is 0. The Hall–Kier alpha value is -1.42. The van der Waals surface area contributed by atoms with Gasteiger partial charge in [0.1, 0.15) is 5.82 Å². The zero-order valence-corrected chi connectivity index (χ0v) is 9.69. The van der Waals surface area contributed by atoms with Crippen LogP contribution in [0, 0.1) is 5.82 Å².